The highest BCUT2D eigenvalue weighted by atomic mass is 19.1. The van der Waals surface area contributed by atoms with E-state index in [-0.39, 0.29) is 6.61 Å². The molecule has 1 rings (SSSR count). The van der Waals surface area contributed by atoms with Gasteiger partial charge in [-0.05, 0) is 12.1 Å². The smallest absolute Gasteiger partial charge is 0.220 e. The van der Waals surface area contributed by atoms with Crippen LogP contribution in [0.3, 0.4) is 0 Å². The van der Waals surface area contributed by atoms with Crippen molar-refractivity contribution in [2.24, 2.45) is 0 Å². The van der Waals surface area contributed by atoms with Gasteiger partial charge in [-0.3, -0.25) is 0 Å². The Labute approximate surface area is 64.0 Å². The molecule has 0 amide bonds. The molecule has 1 aromatic rings. The van der Waals surface area contributed by atoms with Crippen LogP contribution in [0.1, 0.15) is 5.56 Å². The van der Waals surface area contributed by atoms with Crippen LogP contribution < -0.4 is 0 Å². The minimum absolute atomic E-state index is 0.0890. The topological polar surface area (TPSA) is 33.1 Å². The highest BCUT2D eigenvalue weighted by Gasteiger charge is 1.94. The summed E-state index contributed by atoms with van der Waals surface area (Å²) >= 11 is 0. The Hall–Kier alpha value is -1.22. The summed E-state index contributed by atoms with van der Waals surface area (Å²) in [6.07, 6.45) is 4.33. The zero-order valence-corrected chi connectivity index (χ0v) is 5.87. The molecular weight excluding hydrogens is 145 g/mol. The van der Waals surface area contributed by atoms with Crippen LogP contribution >= 0.6 is 0 Å². The first kappa shape index (κ1) is 7.88. The fraction of sp³-hybridized carbons (Fsp3) is 0.125. The van der Waals surface area contributed by atoms with E-state index in [4.69, 9.17) is 5.11 Å². The molecule has 0 aliphatic carbocycles. The van der Waals surface area contributed by atoms with Crippen molar-refractivity contribution in [3.8, 4) is 0 Å². The van der Waals surface area contributed by atoms with Crippen molar-refractivity contribution in [3.05, 3.63) is 35.9 Å². The number of aliphatic hydroxyl groups is 1. The maximum atomic E-state index is 12.7. The fourth-order valence-corrected chi connectivity index (χ4v) is 0.702. The second kappa shape index (κ2) is 3.83. The summed E-state index contributed by atoms with van der Waals surface area (Å²) in [5.41, 5.74) is 0.390. The Kier molecular flexibility index (Phi) is 2.74. The predicted molar refractivity (Wildman–Crippen MR) is 40.3 cm³/mol. The first-order valence-electron chi connectivity index (χ1n) is 3.22. The van der Waals surface area contributed by atoms with Crippen molar-refractivity contribution in [2.75, 3.05) is 6.61 Å². The van der Waals surface area contributed by atoms with Crippen LogP contribution in [-0.4, -0.2) is 16.7 Å². The van der Waals surface area contributed by atoms with Gasteiger partial charge in [-0.25, -0.2) is 4.98 Å². The Morgan fingerprint density at radius 3 is 3.09 bits per heavy atom. The Bertz CT molecular complexity index is 260. The maximum absolute atomic E-state index is 12.7. The molecule has 0 radical (unpaired) electrons. The highest BCUT2D eigenvalue weighted by Crippen LogP contribution is 2.04. The fourth-order valence-electron chi connectivity index (χ4n) is 0.702. The van der Waals surface area contributed by atoms with Gasteiger partial charge in [0, 0.05) is 11.8 Å². The minimum Gasteiger partial charge on any atom is -0.392 e. The molecule has 58 valence electrons. The molecule has 0 saturated heterocycles. The molecule has 0 saturated carbocycles. The van der Waals surface area contributed by atoms with Gasteiger partial charge in [0.15, 0.2) is 0 Å². The van der Waals surface area contributed by atoms with Gasteiger partial charge in [-0.1, -0.05) is 12.2 Å². The van der Waals surface area contributed by atoms with Gasteiger partial charge in [0.05, 0.1) is 6.61 Å². The van der Waals surface area contributed by atoms with Crippen LogP contribution in [0.15, 0.2) is 24.4 Å². The third kappa shape index (κ3) is 2.13. The van der Waals surface area contributed by atoms with Crippen molar-refractivity contribution in [1.29, 1.82) is 0 Å². The lowest BCUT2D eigenvalue weighted by molar-refractivity contribution is 0.343. The first-order chi connectivity index (χ1) is 5.34. The van der Waals surface area contributed by atoms with Crippen LogP contribution in [0.25, 0.3) is 6.08 Å². The zero-order valence-electron chi connectivity index (χ0n) is 5.87. The molecule has 2 nitrogen and oxygen atoms in total. The van der Waals surface area contributed by atoms with Crippen molar-refractivity contribution >= 4 is 6.08 Å². The lowest BCUT2D eigenvalue weighted by Gasteiger charge is -1.92. The summed E-state index contributed by atoms with van der Waals surface area (Å²) in [7, 11) is 0. The van der Waals surface area contributed by atoms with E-state index in [1.54, 1.807) is 12.1 Å². The molecule has 0 bridgehead atoms. The quantitative estimate of drug-likeness (QED) is 0.648. The van der Waals surface area contributed by atoms with E-state index < -0.39 is 5.95 Å². The summed E-state index contributed by atoms with van der Waals surface area (Å²) in [6.45, 7) is -0.0890. The maximum Gasteiger partial charge on any atom is 0.220 e. The Balaban J connectivity index is 2.86. The lowest BCUT2D eigenvalue weighted by Crippen LogP contribution is -1.85. The molecule has 3 heteroatoms. The number of aromatic nitrogens is 1. The van der Waals surface area contributed by atoms with Crippen molar-refractivity contribution in [3.63, 3.8) is 0 Å². The third-order valence-electron chi connectivity index (χ3n) is 1.19. The molecule has 1 aromatic heterocycles. The zero-order chi connectivity index (χ0) is 8.10. The van der Waals surface area contributed by atoms with Gasteiger partial charge in [-0.15, -0.1) is 0 Å². The van der Waals surface area contributed by atoms with E-state index in [0.29, 0.717) is 5.56 Å². The van der Waals surface area contributed by atoms with Crippen LogP contribution in [0.5, 0.6) is 0 Å². The SMILES string of the molecule is OC/C=C/c1cccnc1F. The van der Waals surface area contributed by atoms with Gasteiger partial charge in [0.1, 0.15) is 0 Å². The van der Waals surface area contributed by atoms with Gasteiger partial charge in [0.25, 0.3) is 0 Å². The monoisotopic (exact) mass is 153 g/mol. The van der Waals surface area contributed by atoms with Crippen LogP contribution in [0.2, 0.25) is 0 Å². The van der Waals surface area contributed by atoms with Crippen LogP contribution in [0, 0.1) is 5.95 Å². The largest absolute Gasteiger partial charge is 0.392 e. The summed E-state index contributed by atoms with van der Waals surface area (Å²) in [4.78, 5) is 3.43. The van der Waals surface area contributed by atoms with Gasteiger partial charge >= 0.3 is 0 Å². The van der Waals surface area contributed by atoms with E-state index in [2.05, 4.69) is 4.98 Å². The van der Waals surface area contributed by atoms with Crippen molar-refractivity contribution in [1.82, 2.24) is 4.98 Å². The Morgan fingerprint density at radius 1 is 1.64 bits per heavy atom. The van der Waals surface area contributed by atoms with Crippen molar-refractivity contribution in [2.45, 2.75) is 0 Å². The van der Waals surface area contributed by atoms with E-state index >= 15 is 0 Å². The molecule has 0 unspecified atom stereocenters. The summed E-state index contributed by atoms with van der Waals surface area (Å²) < 4.78 is 12.7. The predicted octanol–water partition coefficient (Wildman–Crippen LogP) is 1.23. The number of aliphatic hydroxyl groups excluding tert-OH is 1. The van der Waals surface area contributed by atoms with Gasteiger partial charge < -0.3 is 5.11 Å². The highest BCUT2D eigenvalue weighted by molar-refractivity contribution is 5.47. The van der Waals surface area contributed by atoms with E-state index in [9.17, 15) is 4.39 Å². The van der Waals surface area contributed by atoms with E-state index in [1.165, 1.54) is 18.3 Å². The lowest BCUT2D eigenvalue weighted by atomic mass is 10.2. The number of rotatable bonds is 2. The summed E-state index contributed by atoms with van der Waals surface area (Å²) in [5.74, 6) is -0.516. The van der Waals surface area contributed by atoms with Gasteiger partial charge in [-0.2, -0.15) is 4.39 Å². The Morgan fingerprint density at radius 2 is 2.45 bits per heavy atom. The summed E-state index contributed by atoms with van der Waals surface area (Å²) in [6, 6.07) is 3.23. The molecule has 0 fully saturated rings. The number of hydrogen-bond donors (Lipinski definition) is 1. The molecule has 0 spiro atoms. The second-order valence-corrected chi connectivity index (χ2v) is 1.97. The number of halogens is 1. The number of hydrogen-bond acceptors (Lipinski definition) is 2. The van der Waals surface area contributed by atoms with Gasteiger partial charge in [0.2, 0.25) is 5.95 Å². The van der Waals surface area contributed by atoms with Crippen LogP contribution in [-0.2, 0) is 0 Å². The second-order valence-electron chi connectivity index (χ2n) is 1.97. The molecule has 11 heavy (non-hydrogen) atoms. The molecule has 1 heterocycles. The molecular formula is C8H8FNO. The van der Waals surface area contributed by atoms with E-state index in [0.717, 1.165) is 0 Å². The van der Waals surface area contributed by atoms with Crippen LogP contribution in [0.4, 0.5) is 4.39 Å². The number of nitrogens with zero attached hydrogens (tertiary/aromatic N) is 1. The first-order valence-corrected chi connectivity index (χ1v) is 3.22. The molecule has 0 aliphatic heterocycles. The average Bonchev–Trinajstić information content (AvgIpc) is 2.03. The average molecular weight is 153 g/mol. The molecule has 0 aliphatic rings. The number of pyridine rings is 1. The third-order valence-corrected chi connectivity index (χ3v) is 1.19. The molecule has 0 atom stereocenters. The normalized spacial score (nSPS) is 10.7. The van der Waals surface area contributed by atoms with Crippen molar-refractivity contribution < 1.29 is 9.50 Å². The summed E-state index contributed by atoms with van der Waals surface area (Å²) in [5, 5.41) is 8.39. The minimum atomic E-state index is -0.516. The van der Waals surface area contributed by atoms with E-state index in [1.807, 2.05) is 0 Å². The standard InChI is InChI=1S/C8H8FNO/c9-8-7(4-2-6-11)3-1-5-10-8/h1-5,11H,6H2/b4-2+. The molecule has 1 N–H and O–H groups in total. The molecule has 0 aromatic carbocycles.